The van der Waals surface area contributed by atoms with Gasteiger partial charge in [0, 0.05) is 18.3 Å². The third kappa shape index (κ3) is 4.51. The molecule has 1 saturated heterocycles. The number of benzene rings is 2. The molecular weight excluding hydrogens is 449 g/mol. The number of thiazole rings is 1. The zero-order valence-electron chi connectivity index (χ0n) is 15.8. The maximum absolute atomic E-state index is 13.9. The molecule has 0 amide bonds. The molecular formula is C19H20ClFN5O2S2+. The monoisotopic (exact) mass is 468 g/mol. The van der Waals surface area contributed by atoms with Crippen LogP contribution in [0.25, 0.3) is 0 Å². The van der Waals surface area contributed by atoms with E-state index in [2.05, 4.69) is 25.7 Å². The van der Waals surface area contributed by atoms with Crippen LogP contribution < -0.4 is 20.7 Å². The Morgan fingerprint density at radius 2 is 2.03 bits per heavy atom. The summed E-state index contributed by atoms with van der Waals surface area (Å²) >= 11 is 7.65. The number of hydrogen-bond donors (Lipinski definition) is 3. The Kier molecular flexibility index (Phi) is 5.83. The molecule has 1 atom stereocenters. The lowest BCUT2D eigenvalue weighted by Crippen LogP contribution is -2.61. The van der Waals surface area contributed by atoms with Crippen LogP contribution in [-0.4, -0.2) is 32.5 Å². The lowest BCUT2D eigenvalue weighted by atomic mass is 10.2. The highest BCUT2D eigenvalue weighted by molar-refractivity contribution is 7.92. The van der Waals surface area contributed by atoms with E-state index in [1.54, 1.807) is 17.5 Å². The molecule has 0 aliphatic carbocycles. The van der Waals surface area contributed by atoms with Crippen LogP contribution in [0.1, 0.15) is 6.42 Å². The van der Waals surface area contributed by atoms with E-state index in [4.69, 9.17) is 11.6 Å². The number of sulfonamides is 1. The minimum absolute atomic E-state index is 0.0184. The summed E-state index contributed by atoms with van der Waals surface area (Å²) in [5, 5.41) is 5.02. The van der Waals surface area contributed by atoms with E-state index in [0.717, 1.165) is 25.2 Å². The maximum atomic E-state index is 13.9. The van der Waals surface area contributed by atoms with Crippen LogP contribution in [0.15, 0.2) is 52.2 Å². The van der Waals surface area contributed by atoms with Crippen molar-refractivity contribution in [1.82, 2.24) is 4.98 Å². The lowest BCUT2D eigenvalue weighted by Gasteiger charge is -2.22. The van der Waals surface area contributed by atoms with Gasteiger partial charge in [0.2, 0.25) is 0 Å². The van der Waals surface area contributed by atoms with Gasteiger partial charge in [0.15, 0.2) is 5.82 Å². The van der Waals surface area contributed by atoms with Crippen LogP contribution in [0.4, 0.5) is 27.3 Å². The minimum atomic E-state index is -3.81. The zero-order chi connectivity index (χ0) is 21.3. The molecule has 5 N–H and O–H groups in total. The predicted molar refractivity (Wildman–Crippen MR) is 118 cm³/mol. The van der Waals surface area contributed by atoms with Gasteiger partial charge < -0.3 is 16.0 Å². The molecule has 0 saturated carbocycles. The van der Waals surface area contributed by atoms with E-state index in [1.807, 2.05) is 0 Å². The SMILES string of the molecule is [NH3+]C1CCN(c2cc(F)ccc2Nc2ccc(S(=O)(=O)Nc3cscn3)cc2Cl)C1. The topological polar surface area (TPSA) is 102 Å². The average molecular weight is 469 g/mol. The van der Waals surface area contributed by atoms with Crippen molar-refractivity contribution in [3.05, 3.63) is 58.1 Å². The first kappa shape index (κ1) is 20.9. The van der Waals surface area contributed by atoms with Crippen molar-refractivity contribution in [3.63, 3.8) is 0 Å². The summed E-state index contributed by atoms with van der Waals surface area (Å²) in [6.45, 7) is 1.53. The summed E-state index contributed by atoms with van der Waals surface area (Å²) in [5.74, 6) is -0.0766. The second-order valence-electron chi connectivity index (χ2n) is 7.01. The first-order valence-electron chi connectivity index (χ1n) is 9.17. The average Bonchev–Trinajstić information content (AvgIpc) is 3.36. The Hall–Kier alpha value is -2.40. The molecule has 11 heteroatoms. The van der Waals surface area contributed by atoms with Crippen LogP contribution in [0, 0.1) is 5.82 Å². The number of hydrogen-bond acceptors (Lipinski definition) is 6. The van der Waals surface area contributed by atoms with Gasteiger partial charge >= 0.3 is 0 Å². The third-order valence-corrected chi connectivity index (χ3v) is 7.03. The first-order chi connectivity index (χ1) is 14.3. The smallest absolute Gasteiger partial charge is 0.263 e. The van der Waals surface area contributed by atoms with Gasteiger partial charge in [-0.05, 0) is 36.4 Å². The van der Waals surface area contributed by atoms with E-state index in [1.165, 1.54) is 41.1 Å². The molecule has 30 heavy (non-hydrogen) atoms. The molecule has 1 aliphatic heterocycles. The van der Waals surface area contributed by atoms with Crippen LogP contribution in [-0.2, 0) is 10.0 Å². The molecule has 1 unspecified atom stereocenters. The van der Waals surface area contributed by atoms with Crippen LogP contribution >= 0.6 is 22.9 Å². The van der Waals surface area contributed by atoms with Gasteiger partial charge in [-0.2, -0.15) is 0 Å². The highest BCUT2D eigenvalue weighted by Crippen LogP contribution is 2.35. The Labute approximate surface area is 182 Å². The van der Waals surface area contributed by atoms with Gasteiger partial charge in [0.1, 0.15) is 11.9 Å². The predicted octanol–water partition coefficient (Wildman–Crippen LogP) is 3.30. The second kappa shape index (κ2) is 8.38. The van der Waals surface area contributed by atoms with Crippen molar-refractivity contribution in [2.45, 2.75) is 17.4 Å². The molecule has 0 radical (unpaired) electrons. The fourth-order valence-corrected chi connectivity index (χ4v) is 5.17. The first-order valence-corrected chi connectivity index (χ1v) is 12.0. The van der Waals surface area contributed by atoms with Gasteiger partial charge in [-0.3, -0.25) is 4.72 Å². The second-order valence-corrected chi connectivity index (χ2v) is 9.82. The number of rotatable bonds is 6. The van der Waals surface area contributed by atoms with Gasteiger partial charge in [-0.1, -0.05) is 11.6 Å². The summed E-state index contributed by atoms with van der Waals surface area (Å²) in [5.41, 5.74) is 7.54. The highest BCUT2D eigenvalue weighted by atomic mass is 35.5. The number of nitrogens with zero attached hydrogens (tertiary/aromatic N) is 2. The molecule has 1 fully saturated rings. The van der Waals surface area contributed by atoms with Gasteiger partial charge in [-0.25, -0.2) is 17.8 Å². The van der Waals surface area contributed by atoms with Crippen molar-refractivity contribution in [3.8, 4) is 0 Å². The van der Waals surface area contributed by atoms with Crippen LogP contribution in [0.5, 0.6) is 0 Å². The Morgan fingerprint density at radius 1 is 1.23 bits per heavy atom. The quantitative estimate of drug-likeness (QED) is 0.515. The van der Waals surface area contributed by atoms with E-state index < -0.39 is 10.0 Å². The molecule has 1 aliphatic rings. The maximum Gasteiger partial charge on any atom is 0.263 e. The van der Waals surface area contributed by atoms with Gasteiger partial charge in [0.05, 0.1) is 39.0 Å². The summed E-state index contributed by atoms with van der Waals surface area (Å²) in [6.07, 6.45) is 0.940. The van der Waals surface area contributed by atoms with E-state index in [-0.39, 0.29) is 21.6 Å². The fraction of sp³-hybridized carbons (Fsp3) is 0.211. The highest BCUT2D eigenvalue weighted by Gasteiger charge is 2.25. The summed E-state index contributed by atoms with van der Waals surface area (Å²) < 4.78 is 41.4. The van der Waals surface area contributed by atoms with E-state index >= 15 is 0 Å². The summed E-state index contributed by atoms with van der Waals surface area (Å²) in [6, 6.07) is 9.18. The van der Waals surface area contributed by atoms with Gasteiger partial charge in [-0.15, -0.1) is 11.3 Å². The van der Waals surface area contributed by atoms with Crippen molar-refractivity contribution in [2.75, 3.05) is 28.0 Å². The Balaban J connectivity index is 1.59. The van der Waals surface area contributed by atoms with Crippen molar-refractivity contribution in [2.24, 2.45) is 0 Å². The number of aromatic nitrogens is 1. The van der Waals surface area contributed by atoms with Crippen LogP contribution in [0.3, 0.4) is 0 Å². The zero-order valence-corrected chi connectivity index (χ0v) is 18.2. The Bertz CT molecular complexity index is 1160. The summed E-state index contributed by atoms with van der Waals surface area (Å²) in [7, 11) is -3.81. The largest absolute Gasteiger partial charge is 0.364 e. The van der Waals surface area contributed by atoms with E-state index in [0.29, 0.717) is 17.4 Å². The molecule has 7 nitrogen and oxygen atoms in total. The van der Waals surface area contributed by atoms with Crippen molar-refractivity contribution in [1.29, 1.82) is 0 Å². The molecule has 0 bridgehead atoms. The Morgan fingerprint density at radius 3 is 2.70 bits per heavy atom. The molecule has 4 rings (SSSR count). The third-order valence-electron chi connectivity index (χ3n) is 4.78. The number of quaternary nitrogens is 1. The van der Waals surface area contributed by atoms with Crippen molar-refractivity contribution < 1.29 is 18.5 Å². The minimum Gasteiger partial charge on any atom is -0.364 e. The van der Waals surface area contributed by atoms with Crippen molar-refractivity contribution >= 4 is 55.8 Å². The molecule has 2 aromatic carbocycles. The molecule has 1 aromatic heterocycles. The van der Waals surface area contributed by atoms with E-state index in [9.17, 15) is 12.8 Å². The van der Waals surface area contributed by atoms with Gasteiger partial charge in [0.25, 0.3) is 10.0 Å². The molecule has 3 aromatic rings. The molecule has 2 heterocycles. The molecule has 158 valence electrons. The number of halogens is 2. The number of nitrogens with one attached hydrogen (secondary N) is 2. The molecule has 0 spiro atoms. The fourth-order valence-electron chi connectivity index (χ4n) is 3.29. The lowest BCUT2D eigenvalue weighted by molar-refractivity contribution is -0.412. The normalized spacial score (nSPS) is 16.6. The number of anilines is 4. The standard InChI is InChI=1S/C19H19ClFN5O2S2/c20-15-8-14(30(27,28)25-19-10-29-11-23-19)2-4-16(15)24-17-3-1-12(21)7-18(17)26-6-5-13(22)9-26/h1-4,7-8,10-11,13,24-25H,5-6,9,22H2/p+1. The van der Waals surface area contributed by atoms with Crippen LogP contribution in [0.2, 0.25) is 5.02 Å². The summed E-state index contributed by atoms with van der Waals surface area (Å²) in [4.78, 5) is 6.02.